The zero-order valence-electron chi connectivity index (χ0n) is 12.8. The fraction of sp³-hybridized carbons (Fsp3) is 0.438. The number of nitrogens with one attached hydrogen (secondary N) is 1. The van der Waals surface area contributed by atoms with Gasteiger partial charge in [0.1, 0.15) is 11.6 Å². The van der Waals surface area contributed by atoms with Crippen molar-refractivity contribution in [3.63, 3.8) is 0 Å². The molecule has 2 heterocycles. The predicted molar refractivity (Wildman–Crippen MR) is 89.5 cm³/mol. The first-order valence-electron chi connectivity index (χ1n) is 7.21. The summed E-state index contributed by atoms with van der Waals surface area (Å²) in [4.78, 5) is 6.74. The molecule has 0 aliphatic heterocycles. The van der Waals surface area contributed by atoms with Gasteiger partial charge in [0.15, 0.2) is 0 Å². The highest BCUT2D eigenvalue weighted by atomic mass is 79.9. The van der Waals surface area contributed by atoms with Gasteiger partial charge < -0.3 is 14.6 Å². The van der Waals surface area contributed by atoms with E-state index in [9.17, 15) is 0 Å². The molecule has 0 atom stereocenters. The van der Waals surface area contributed by atoms with Gasteiger partial charge in [-0.1, -0.05) is 6.92 Å². The number of anilines is 1. The Kier molecular flexibility index (Phi) is 5.82. The van der Waals surface area contributed by atoms with Crippen molar-refractivity contribution in [3.05, 3.63) is 46.0 Å². The maximum absolute atomic E-state index is 5.36. The maximum Gasteiger partial charge on any atom is 0.133 e. The van der Waals surface area contributed by atoms with Crippen LogP contribution in [0.1, 0.15) is 30.2 Å². The van der Waals surface area contributed by atoms with Crippen LogP contribution in [-0.4, -0.2) is 18.6 Å². The summed E-state index contributed by atoms with van der Waals surface area (Å²) in [6.45, 7) is 6.78. The Balaban J connectivity index is 2.15. The predicted octanol–water partition coefficient (Wildman–Crippen LogP) is 3.88. The lowest BCUT2D eigenvalue weighted by Crippen LogP contribution is -2.22. The number of hydrogen-bond acceptors (Lipinski definition) is 4. The van der Waals surface area contributed by atoms with Crippen LogP contribution in [0.15, 0.2) is 33.5 Å². The Morgan fingerprint density at radius 2 is 2.19 bits per heavy atom. The van der Waals surface area contributed by atoms with E-state index in [1.54, 1.807) is 6.26 Å². The third-order valence-corrected chi connectivity index (χ3v) is 3.82. The normalized spacial score (nSPS) is 10.9. The second-order valence-electron chi connectivity index (χ2n) is 5.17. The number of aryl methyl sites for hydroxylation is 1. The first-order valence-corrected chi connectivity index (χ1v) is 8.00. The van der Waals surface area contributed by atoms with E-state index in [-0.39, 0.29) is 0 Å². The summed E-state index contributed by atoms with van der Waals surface area (Å²) in [5.41, 5.74) is 2.39. The minimum Gasteiger partial charge on any atom is -0.469 e. The zero-order valence-corrected chi connectivity index (χ0v) is 14.4. The van der Waals surface area contributed by atoms with Crippen molar-refractivity contribution in [1.29, 1.82) is 0 Å². The van der Waals surface area contributed by atoms with Crippen molar-refractivity contribution in [2.45, 2.75) is 33.4 Å². The topological polar surface area (TPSA) is 41.3 Å². The van der Waals surface area contributed by atoms with Gasteiger partial charge in [-0.05, 0) is 48.0 Å². The molecule has 114 valence electrons. The lowest BCUT2D eigenvalue weighted by molar-refractivity contribution is 0.529. The molecule has 1 N–H and O–H groups in total. The van der Waals surface area contributed by atoms with Gasteiger partial charge in [0.2, 0.25) is 0 Å². The molecule has 4 nitrogen and oxygen atoms in total. The van der Waals surface area contributed by atoms with Crippen LogP contribution in [0.5, 0.6) is 0 Å². The van der Waals surface area contributed by atoms with Crippen molar-refractivity contribution in [3.8, 4) is 0 Å². The van der Waals surface area contributed by atoms with Gasteiger partial charge in [0.25, 0.3) is 0 Å². The van der Waals surface area contributed by atoms with Crippen LogP contribution < -0.4 is 10.2 Å². The molecule has 21 heavy (non-hydrogen) atoms. The molecule has 0 aromatic carbocycles. The first-order chi connectivity index (χ1) is 10.1. The molecule has 0 saturated heterocycles. The average molecular weight is 352 g/mol. The van der Waals surface area contributed by atoms with Crippen LogP contribution in [0, 0.1) is 6.92 Å². The molecular formula is C16H22BrN3O. The van der Waals surface area contributed by atoms with E-state index in [2.05, 4.69) is 51.2 Å². The molecule has 2 aromatic rings. The van der Waals surface area contributed by atoms with E-state index in [0.29, 0.717) is 0 Å². The summed E-state index contributed by atoms with van der Waals surface area (Å²) >= 11 is 3.50. The zero-order chi connectivity index (χ0) is 15.2. The van der Waals surface area contributed by atoms with Crippen LogP contribution in [0.25, 0.3) is 0 Å². The van der Waals surface area contributed by atoms with Crippen molar-refractivity contribution >= 4 is 21.7 Å². The number of halogens is 1. The molecule has 2 aromatic heterocycles. The Labute approximate surface area is 134 Å². The summed E-state index contributed by atoms with van der Waals surface area (Å²) in [6, 6.07) is 4.14. The van der Waals surface area contributed by atoms with Crippen LogP contribution in [0.4, 0.5) is 5.82 Å². The SMILES string of the molecule is CCCNCc1cc(Br)cnc1N(C)Cc1ccoc1C. The fourth-order valence-corrected chi connectivity index (χ4v) is 2.63. The lowest BCUT2D eigenvalue weighted by Gasteiger charge is -2.21. The summed E-state index contributed by atoms with van der Waals surface area (Å²) < 4.78 is 6.37. The Morgan fingerprint density at radius 3 is 2.86 bits per heavy atom. The van der Waals surface area contributed by atoms with Gasteiger partial charge in [-0.25, -0.2) is 4.98 Å². The largest absolute Gasteiger partial charge is 0.469 e. The number of rotatable bonds is 7. The molecule has 0 aliphatic carbocycles. The van der Waals surface area contributed by atoms with E-state index in [1.807, 2.05) is 19.2 Å². The number of hydrogen-bond donors (Lipinski definition) is 1. The molecule has 2 rings (SSSR count). The number of furan rings is 1. The van der Waals surface area contributed by atoms with Crippen LogP contribution >= 0.6 is 15.9 Å². The average Bonchev–Trinajstić information content (AvgIpc) is 2.84. The molecule has 5 heteroatoms. The Morgan fingerprint density at radius 1 is 1.38 bits per heavy atom. The third kappa shape index (κ3) is 4.32. The quantitative estimate of drug-likeness (QED) is 0.768. The minimum atomic E-state index is 0.789. The summed E-state index contributed by atoms with van der Waals surface area (Å²) in [7, 11) is 2.06. The van der Waals surface area contributed by atoms with Gasteiger partial charge in [-0.3, -0.25) is 0 Å². The summed E-state index contributed by atoms with van der Waals surface area (Å²) in [6.07, 6.45) is 4.70. The van der Waals surface area contributed by atoms with Crippen molar-refractivity contribution in [1.82, 2.24) is 10.3 Å². The van der Waals surface area contributed by atoms with Gasteiger partial charge >= 0.3 is 0 Å². The standard InChI is InChI=1S/C16H22BrN3O/c1-4-6-18-9-14-8-15(17)10-19-16(14)20(3)11-13-5-7-21-12(13)2/h5,7-8,10,18H,4,6,9,11H2,1-3H3. The van der Waals surface area contributed by atoms with Crippen LogP contribution in [0.2, 0.25) is 0 Å². The van der Waals surface area contributed by atoms with E-state index in [4.69, 9.17) is 4.42 Å². The van der Waals surface area contributed by atoms with Gasteiger partial charge in [-0.2, -0.15) is 0 Å². The third-order valence-electron chi connectivity index (χ3n) is 3.39. The van der Waals surface area contributed by atoms with E-state index >= 15 is 0 Å². The second kappa shape index (κ2) is 7.61. The van der Waals surface area contributed by atoms with Crippen LogP contribution in [0.3, 0.4) is 0 Å². The van der Waals surface area contributed by atoms with Gasteiger partial charge in [0.05, 0.1) is 6.26 Å². The number of pyridine rings is 1. The summed E-state index contributed by atoms with van der Waals surface area (Å²) in [5, 5.41) is 3.44. The van der Waals surface area contributed by atoms with Crippen molar-refractivity contribution < 1.29 is 4.42 Å². The number of nitrogens with zero attached hydrogens (tertiary/aromatic N) is 2. The first kappa shape index (κ1) is 16.0. The molecule has 0 amide bonds. The number of aromatic nitrogens is 1. The summed E-state index contributed by atoms with van der Waals surface area (Å²) in [5.74, 6) is 1.96. The molecule has 0 spiro atoms. The molecule has 0 bridgehead atoms. The highest BCUT2D eigenvalue weighted by molar-refractivity contribution is 9.10. The molecular weight excluding hydrogens is 330 g/mol. The van der Waals surface area contributed by atoms with Gasteiger partial charge in [0, 0.05) is 41.9 Å². The highest BCUT2D eigenvalue weighted by Crippen LogP contribution is 2.23. The molecule has 0 radical (unpaired) electrons. The molecule has 0 aliphatic rings. The van der Waals surface area contributed by atoms with E-state index in [1.165, 1.54) is 11.1 Å². The van der Waals surface area contributed by atoms with E-state index < -0.39 is 0 Å². The minimum absolute atomic E-state index is 0.789. The van der Waals surface area contributed by atoms with Crippen LogP contribution in [-0.2, 0) is 13.1 Å². The van der Waals surface area contributed by atoms with Crippen molar-refractivity contribution in [2.75, 3.05) is 18.5 Å². The lowest BCUT2D eigenvalue weighted by atomic mass is 10.2. The second-order valence-corrected chi connectivity index (χ2v) is 6.09. The monoisotopic (exact) mass is 351 g/mol. The Hall–Kier alpha value is -1.33. The van der Waals surface area contributed by atoms with Crippen molar-refractivity contribution in [2.24, 2.45) is 0 Å². The smallest absolute Gasteiger partial charge is 0.133 e. The fourth-order valence-electron chi connectivity index (χ4n) is 2.25. The molecule has 0 saturated carbocycles. The Bertz CT molecular complexity index is 583. The highest BCUT2D eigenvalue weighted by Gasteiger charge is 2.12. The van der Waals surface area contributed by atoms with E-state index in [0.717, 1.165) is 42.1 Å². The maximum atomic E-state index is 5.36. The molecule has 0 fully saturated rings. The molecule has 0 unspecified atom stereocenters. The van der Waals surface area contributed by atoms with Gasteiger partial charge in [-0.15, -0.1) is 0 Å².